The molecule has 0 aliphatic rings. The number of hydrogen-bond acceptors (Lipinski definition) is 4. The fraction of sp³-hybridized carbons (Fsp3) is 0.158. The van der Waals surface area contributed by atoms with Gasteiger partial charge >= 0.3 is 6.18 Å². The van der Waals surface area contributed by atoms with E-state index in [4.69, 9.17) is 9.15 Å². The van der Waals surface area contributed by atoms with Gasteiger partial charge in [-0.1, -0.05) is 12.1 Å². The standard InChI is InChI=1S/C19H14F3NO4/c1-26-13-5-2-11(3-6-13)8-18(25)23-12-4-7-16-14(9-12)15(24)10-17(27-16)19(20,21)22/h2-7,9-10H,8H2,1H3,(H,23,25). The van der Waals surface area contributed by atoms with Crippen LogP contribution in [-0.4, -0.2) is 13.0 Å². The first-order valence-electron chi connectivity index (χ1n) is 7.84. The van der Waals surface area contributed by atoms with Crippen LogP contribution in [0.15, 0.2) is 57.7 Å². The number of nitrogens with one attached hydrogen (secondary N) is 1. The van der Waals surface area contributed by atoms with Gasteiger partial charge < -0.3 is 14.5 Å². The Hall–Kier alpha value is -3.29. The van der Waals surface area contributed by atoms with Crippen LogP contribution in [0.25, 0.3) is 11.0 Å². The highest BCUT2D eigenvalue weighted by Gasteiger charge is 2.34. The third-order valence-corrected chi connectivity index (χ3v) is 3.81. The van der Waals surface area contributed by atoms with Crippen LogP contribution in [0.2, 0.25) is 0 Å². The highest BCUT2D eigenvalue weighted by molar-refractivity contribution is 5.94. The van der Waals surface area contributed by atoms with Gasteiger partial charge in [-0.05, 0) is 35.9 Å². The SMILES string of the molecule is COc1ccc(CC(=O)Nc2ccc3oc(C(F)(F)F)cc(=O)c3c2)cc1. The van der Waals surface area contributed by atoms with Gasteiger partial charge in [0.15, 0.2) is 5.43 Å². The summed E-state index contributed by atoms with van der Waals surface area (Å²) in [7, 11) is 1.54. The van der Waals surface area contributed by atoms with Gasteiger partial charge in [-0.25, -0.2) is 0 Å². The van der Waals surface area contributed by atoms with Crippen LogP contribution in [0.5, 0.6) is 5.75 Å². The zero-order valence-electron chi connectivity index (χ0n) is 14.1. The Morgan fingerprint density at radius 3 is 2.44 bits per heavy atom. The van der Waals surface area contributed by atoms with E-state index in [1.807, 2.05) is 0 Å². The summed E-state index contributed by atoms with van der Waals surface area (Å²) in [6.07, 6.45) is -4.66. The molecule has 1 amide bonds. The molecule has 8 heteroatoms. The number of rotatable bonds is 4. The van der Waals surface area contributed by atoms with Crippen LogP contribution in [0, 0.1) is 0 Å². The van der Waals surface area contributed by atoms with Crippen molar-refractivity contribution in [1.82, 2.24) is 0 Å². The van der Waals surface area contributed by atoms with Crippen molar-refractivity contribution in [3.63, 3.8) is 0 Å². The summed E-state index contributed by atoms with van der Waals surface area (Å²) in [6.45, 7) is 0. The molecule has 0 spiro atoms. The Bertz CT molecular complexity index is 1040. The Kier molecular flexibility index (Phi) is 4.89. The molecule has 0 atom stereocenters. The predicted octanol–water partition coefficient (Wildman–Crippen LogP) is 4.00. The van der Waals surface area contributed by atoms with Crippen LogP contribution in [0.3, 0.4) is 0 Å². The summed E-state index contributed by atoms with van der Waals surface area (Å²) in [5, 5.41) is 2.56. The number of hydrogen-bond donors (Lipinski definition) is 1. The van der Waals surface area contributed by atoms with E-state index in [1.165, 1.54) is 25.3 Å². The van der Waals surface area contributed by atoms with Gasteiger partial charge in [-0.3, -0.25) is 9.59 Å². The molecule has 0 bridgehead atoms. The normalized spacial score (nSPS) is 11.4. The number of methoxy groups -OCH3 is 1. The first-order valence-corrected chi connectivity index (χ1v) is 7.84. The molecule has 0 saturated carbocycles. The topological polar surface area (TPSA) is 68.5 Å². The van der Waals surface area contributed by atoms with Crippen LogP contribution in [-0.2, 0) is 17.4 Å². The molecule has 1 aromatic heterocycles. The van der Waals surface area contributed by atoms with Gasteiger partial charge in [0.05, 0.1) is 18.9 Å². The third kappa shape index (κ3) is 4.28. The van der Waals surface area contributed by atoms with Crippen molar-refractivity contribution < 1.29 is 27.1 Å². The van der Waals surface area contributed by atoms with Crippen molar-refractivity contribution in [1.29, 1.82) is 0 Å². The second-order valence-corrected chi connectivity index (χ2v) is 5.76. The Labute approximate surface area is 151 Å². The summed E-state index contributed by atoms with van der Waals surface area (Å²) in [4.78, 5) is 24.1. The average molecular weight is 377 g/mol. The number of fused-ring (bicyclic) bond motifs is 1. The number of carbonyl (C=O) groups is 1. The molecule has 1 N–H and O–H groups in total. The lowest BCUT2D eigenvalue weighted by Gasteiger charge is -2.09. The largest absolute Gasteiger partial charge is 0.497 e. The van der Waals surface area contributed by atoms with Gasteiger partial charge in [0.25, 0.3) is 0 Å². The maximum atomic E-state index is 12.7. The Morgan fingerprint density at radius 2 is 1.81 bits per heavy atom. The minimum absolute atomic E-state index is 0.0507. The molecular weight excluding hydrogens is 363 g/mol. The molecule has 0 radical (unpaired) electrons. The second-order valence-electron chi connectivity index (χ2n) is 5.76. The second kappa shape index (κ2) is 7.14. The molecule has 0 fully saturated rings. The van der Waals surface area contributed by atoms with Crippen molar-refractivity contribution in [3.05, 3.63) is 70.1 Å². The van der Waals surface area contributed by atoms with E-state index in [-0.39, 0.29) is 29.0 Å². The van der Waals surface area contributed by atoms with Crippen molar-refractivity contribution in [2.24, 2.45) is 0 Å². The fourth-order valence-electron chi connectivity index (χ4n) is 2.51. The van der Waals surface area contributed by atoms with Gasteiger partial charge in [-0.2, -0.15) is 13.2 Å². The van der Waals surface area contributed by atoms with Crippen molar-refractivity contribution in [2.45, 2.75) is 12.6 Å². The maximum absolute atomic E-state index is 12.7. The van der Waals surface area contributed by atoms with E-state index in [1.54, 1.807) is 24.3 Å². The maximum Gasteiger partial charge on any atom is 0.449 e. The van der Waals surface area contributed by atoms with Gasteiger partial charge in [0, 0.05) is 11.8 Å². The Morgan fingerprint density at radius 1 is 1.11 bits per heavy atom. The fourth-order valence-corrected chi connectivity index (χ4v) is 2.51. The molecule has 27 heavy (non-hydrogen) atoms. The monoisotopic (exact) mass is 377 g/mol. The lowest BCUT2D eigenvalue weighted by Crippen LogP contribution is -2.15. The number of benzene rings is 2. The average Bonchev–Trinajstić information content (AvgIpc) is 2.62. The number of amides is 1. The van der Waals surface area contributed by atoms with Crippen LogP contribution in [0.1, 0.15) is 11.3 Å². The van der Waals surface area contributed by atoms with Crippen molar-refractivity contribution in [3.8, 4) is 5.75 Å². The van der Waals surface area contributed by atoms with E-state index in [2.05, 4.69) is 5.32 Å². The summed E-state index contributed by atoms with van der Waals surface area (Å²) in [5.41, 5.74) is -0.00528. The van der Waals surface area contributed by atoms with E-state index >= 15 is 0 Å². The lowest BCUT2D eigenvalue weighted by atomic mass is 10.1. The molecule has 3 aromatic rings. The number of ether oxygens (including phenoxy) is 1. The first kappa shape index (κ1) is 18.5. The zero-order chi connectivity index (χ0) is 19.6. The molecule has 1 heterocycles. The molecule has 0 aliphatic heterocycles. The van der Waals surface area contributed by atoms with Gasteiger partial charge in [-0.15, -0.1) is 0 Å². The van der Waals surface area contributed by atoms with E-state index in [9.17, 15) is 22.8 Å². The quantitative estimate of drug-likeness (QED) is 0.746. The molecule has 0 unspecified atom stereocenters. The third-order valence-electron chi connectivity index (χ3n) is 3.81. The molecular formula is C19H14F3NO4. The number of halogens is 3. The Balaban J connectivity index is 1.79. The molecule has 140 valence electrons. The molecule has 5 nitrogen and oxygen atoms in total. The van der Waals surface area contributed by atoms with Crippen LogP contribution < -0.4 is 15.5 Å². The molecule has 0 aliphatic carbocycles. The van der Waals surface area contributed by atoms with E-state index in [0.29, 0.717) is 11.8 Å². The summed E-state index contributed by atoms with van der Waals surface area (Å²) in [5.74, 6) is -1.04. The minimum Gasteiger partial charge on any atom is -0.497 e. The van der Waals surface area contributed by atoms with E-state index in [0.717, 1.165) is 5.56 Å². The van der Waals surface area contributed by atoms with Crippen molar-refractivity contribution >= 4 is 22.6 Å². The predicted molar refractivity (Wildman–Crippen MR) is 92.8 cm³/mol. The molecule has 3 rings (SSSR count). The zero-order valence-corrected chi connectivity index (χ0v) is 14.1. The van der Waals surface area contributed by atoms with Crippen LogP contribution >= 0.6 is 0 Å². The minimum atomic E-state index is -4.75. The van der Waals surface area contributed by atoms with Gasteiger partial charge in [0.2, 0.25) is 11.7 Å². The highest BCUT2D eigenvalue weighted by Crippen LogP contribution is 2.30. The van der Waals surface area contributed by atoms with Crippen LogP contribution in [0.4, 0.5) is 18.9 Å². The summed E-state index contributed by atoms with van der Waals surface area (Å²) < 4.78 is 47.9. The first-order chi connectivity index (χ1) is 12.8. The lowest BCUT2D eigenvalue weighted by molar-refractivity contribution is -0.152. The summed E-state index contributed by atoms with van der Waals surface area (Å²) >= 11 is 0. The number of carbonyl (C=O) groups excluding carboxylic acids is 1. The number of anilines is 1. The van der Waals surface area contributed by atoms with Crippen molar-refractivity contribution in [2.75, 3.05) is 12.4 Å². The molecule has 2 aromatic carbocycles. The van der Waals surface area contributed by atoms with E-state index < -0.39 is 17.4 Å². The summed E-state index contributed by atoms with van der Waals surface area (Å²) in [6, 6.07) is 11.2. The smallest absolute Gasteiger partial charge is 0.449 e. The van der Waals surface area contributed by atoms with Gasteiger partial charge in [0.1, 0.15) is 11.3 Å². The highest BCUT2D eigenvalue weighted by atomic mass is 19.4. The number of alkyl halides is 3. The molecule has 0 saturated heterocycles.